The van der Waals surface area contributed by atoms with E-state index in [1.54, 1.807) is 0 Å². The molecule has 0 aromatic carbocycles. The van der Waals surface area contributed by atoms with Gasteiger partial charge in [-0.2, -0.15) is 11.8 Å². The van der Waals surface area contributed by atoms with Crippen molar-refractivity contribution in [3.8, 4) is 0 Å². The lowest BCUT2D eigenvalue weighted by Gasteiger charge is -2.35. The minimum absolute atomic E-state index is 0.268. The SMILES string of the molecule is CCNC(=NCC1(SCC)CCOCC1)NCC(CC)CC. The minimum Gasteiger partial charge on any atom is -0.381 e. The molecule has 130 valence electrons. The van der Waals surface area contributed by atoms with Crippen molar-refractivity contribution in [1.29, 1.82) is 0 Å². The third-order valence-electron chi connectivity index (χ3n) is 4.44. The van der Waals surface area contributed by atoms with E-state index in [2.05, 4.69) is 50.1 Å². The maximum absolute atomic E-state index is 5.54. The summed E-state index contributed by atoms with van der Waals surface area (Å²) in [5, 5.41) is 6.90. The molecule has 0 atom stereocenters. The summed E-state index contributed by atoms with van der Waals surface area (Å²) in [7, 11) is 0. The summed E-state index contributed by atoms with van der Waals surface area (Å²) in [6.45, 7) is 13.4. The van der Waals surface area contributed by atoms with Gasteiger partial charge in [-0.3, -0.25) is 4.99 Å². The highest BCUT2D eigenvalue weighted by molar-refractivity contribution is 8.00. The predicted molar refractivity (Wildman–Crippen MR) is 99.0 cm³/mol. The monoisotopic (exact) mass is 329 g/mol. The normalized spacial score (nSPS) is 18.5. The molecule has 0 spiro atoms. The highest BCUT2D eigenvalue weighted by atomic mass is 32.2. The van der Waals surface area contributed by atoms with E-state index in [0.717, 1.165) is 63.3 Å². The first-order chi connectivity index (χ1) is 10.7. The van der Waals surface area contributed by atoms with Crippen LogP contribution in [-0.2, 0) is 4.74 Å². The highest BCUT2D eigenvalue weighted by Gasteiger charge is 2.32. The fourth-order valence-electron chi connectivity index (χ4n) is 2.78. The molecule has 1 saturated heterocycles. The lowest BCUT2D eigenvalue weighted by molar-refractivity contribution is 0.0793. The number of hydrogen-bond donors (Lipinski definition) is 2. The summed E-state index contributed by atoms with van der Waals surface area (Å²) in [6, 6.07) is 0. The Labute approximate surface area is 141 Å². The van der Waals surface area contributed by atoms with Gasteiger partial charge in [0.15, 0.2) is 5.96 Å². The molecule has 0 radical (unpaired) electrons. The Morgan fingerprint density at radius 1 is 1.14 bits per heavy atom. The van der Waals surface area contributed by atoms with E-state index in [9.17, 15) is 0 Å². The minimum atomic E-state index is 0.268. The predicted octanol–water partition coefficient (Wildman–Crippen LogP) is 3.28. The molecule has 1 rings (SSSR count). The van der Waals surface area contributed by atoms with E-state index in [4.69, 9.17) is 9.73 Å². The Hall–Kier alpha value is -0.420. The average Bonchev–Trinajstić information content (AvgIpc) is 2.54. The number of guanidine groups is 1. The Bertz CT molecular complexity index is 308. The molecular weight excluding hydrogens is 294 g/mol. The van der Waals surface area contributed by atoms with Crippen LogP contribution in [0, 0.1) is 5.92 Å². The molecule has 0 aromatic heterocycles. The van der Waals surface area contributed by atoms with E-state index in [1.807, 2.05) is 0 Å². The lowest BCUT2D eigenvalue weighted by Crippen LogP contribution is -2.42. The Balaban J connectivity index is 2.61. The van der Waals surface area contributed by atoms with E-state index < -0.39 is 0 Å². The van der Waals surface area contributed by atoms with Crippen LogP contribution in [-0.4, -0.2) is 49.3 Å². The second-order valence-corrected chi connectivity index (χ2v) is 7.72. The molecule has 1 fully saturated rings. The summed E-state index contributed by atoms with van der Waals surface area (Å²) in [5.41, 5.74) is 0. The van der Waals surface area contributed by atoms with Gasteiger partial charge in [0.05, 0.1) is 6.54 Å². The van der Waals surface area contributed by atoms with Crippen molar-refractivity contribution >= 4 is 17.7 Å². The molecule has 1 heterocycles. The summed E-state index contributed by atoms with van der Waals surface area (Å²) in [4.78, 5) is 4.89. The average molecular weight is 330 g/mol. The zero-order valence-corrected chi connectivity index (χ0v) is 15.7. The smallest absolute Gasteiger partial charge is 0.191 e. The first kappa shape index (κ1) is 19.6. The molecule has 0 aromatic rings. The van der Waals surface area contributed by atoms with Crippen molar-refractivity contribution < 1.29 is 4.74 Å². The molecule has 5 heteroatoms. The molecule has 0 saturated carbocycles. The first-order valence-electron chi connectivity index (χ1n) is 8.93. The van der Waals surface area contributed by atoms with Gasteiger partial charge in [0, 0.05) is 31.1 Å². The van der Waals surface area contributed by atoms with E-state index >= 15 is 0 Å². The standard InChI is InChI=1S/C17H35N3OS/c1-5-15(6-2)13-19-16(18-7-3)20-14-17(22-8-4)9-11-21-12-10-17/h15H,5-14H2,1-4H3,(H2,18,19,20). The number of nitrogens with zero attached hydrogens (tertiary/aromatic N) is 1. The van der Waals surface area contributed by atoms with Gasteiger partial charge < -0.3 is 15.4 Å². The summed E-state index contributed by atoms with van der Waals surface area (Å²) < 4.78 is 5.81. The molecular formula is C17H35N3OS. The molecule has 4 nitrogen and oxygen atoms in total. The van der Waals surface area contributed by atoms with Gasteiger partial charge >= 0.3 is 0 Å². The van der Waals surface area contributed by atoms with E-state index in [-0.39, 0.29) is 4.75 Å². The molecule has 1 aliphatic heterocycles. The largest absolute Gasteiger partial charge is 0.381 e. The van der Waals surface area contributed by atoms with Crippen molar-refractivity contribution in [3.63, 3.8) is 0 Å². The zero-order valence-electron chi connectivity index (χ0n) is 14.9. The number of hydrogen-bond acceptors (Lipinski definition) is 3. The maximum Gasteiger partial charge on any atom is 0.191 e. The number of aliphatic imine (C=N–C) groups is 1. The van der Waals surface area contributed by atoms with Crippen LogP contribution in [0.2, 0.25) is 0 Å². The maximum atomic E-state index is 5.54. The van der Waals surface area contributed by atoms with Crippen molar-refractivity contribution in [2.24, 2.45) is 10.9 Å². The van der Waals surface area contributed by atoms with Gasteiger partial charge in [0.1, 0.15) is 0 Å². The fraction of sp³-hybridized carbons (Fsp3) is 0.941. The quantitative estimate of drug-likeness (QED) is 0.503. The molecule has 0 bridgehead atoms. The fourth-order valence-corrected chi connectivity index (χ4v) is 4.00. The van der Waals surface area contributed by atoms with E-state index in [0.29, 0.717) is 0 Å². The van der Waals surface area contributed by atoms with Crippen LogP contribution in [0.4, 0.5) is 0 Å². The van der Waals surface area contributed by atoms with Crippen LogP contribution in [0.1, 0.15) is 53.4 Å². The van der Waals surface area contributed by atoms with Crippen LogP contribution >= 0.6 is 11.8 Å². The second kappa shape index (κ2) is 11.2. The summed E-state index contributed by atoms with van der Waals surface area (Å²) in [6.07, 6.45) is 4.66. The second-order valence-electron chi connectivity index (χ2n) is 5.99. The molecule has 0 aliphatic carbocycles. The summed E-state index contributed by atoms with van der Waals surface area (Å²) >= 11 is 2.05. The Morgan fingerprint density at radius 2 is 1.82 bits per heavy atom. The van der Waals surface area contributed by atoms with Gasteiger partial charge in [0.2, 0.25) is 0 Å². The number of nitrogens with one attached hydrogen (secondary N) is 2. The first-order valence-corrected chi connectivity index (χ1v) is 9.92. The highest BCUT2D eigenvalue weighted by Crippen LogP contribution is 2.35. The number of rotatable bonds is 9. The molecule has 0 unspecified atom stereocenters. The zero-order chi connectivity index (χ0) is 16.3. The van der Waals surface area contributed by atoms with Crippen molar-refractivity contribution in [1.82, 2.24) is 10.6 Å². The molecule has 22 heavy (non-hydrogen) atoms. The van der Waals surface area contributed by atoms with Crippen LogP contribution in [0.15, 0.2) is 4.99 Å². The van der Waals surface area contributed by atoms with Crippen molar-refractivity contribution in [2.45, 2.75) is 58.1 Å². The Kier molecular flexibility index (Phi) is 9.96. The van der Waals surface area contributed by atoms with Gasteiger partial charge in [-0.15, -0.1) is 0 Å². The molecule has 0 amide bonds. The van der Waals surface area contributed by atoms with Crippen LogP contribution in [0.3, 0.4) is 0 Å². The van der Waals surface area contributed by atoms with Crippen LogP contribution in [0.25, 0.3) is 0 Å². The number of ether oxygens (including phenoxy) is 1. The number of thioether (sulfide) groups is 1. The summed E-state index contributed by atoms with van der Waals surface area (Å²) in [5.74, 6) is 2.84. The van der Waals surface area contributed by atoms with Crippen molar-refractivity contribution in [2.75, 3.05) is 38.6 Å². The van der Waals surface area contributed by atoms with Gasteiger partial charge in [-0.25, -0.2) is 0 Å². The lowest BCUT2D eigenvalue weighted by atomic mass is 9.99. The topological polar surface area (TPSA) is 45.7 Å². The molecule has 2 N–H and O–H groups in total. The molecule has 1 aliphatic rings. The van der Waals surface area contributed by atoms with Gasteiger partial charge in [-0.1, -0.05) is 33.6 Å². The van der Waals surface area contributed by atoms with Crippen LogP contribution < -0.4 is 10.6 Å². The van der Waals surface area contributed by atoms with E-state index in [1.165, 1.54) is 12.8 Å². The third kappa shape index (κ3) is 6.78. The van der Waals surface area contributed by atoms with Gasteiger partial charge in [0.25, 0.3) is 0 Å². The van der Waals surface area contributed by atoms with Crippen molar-refractivity contribution in [3.05, 3.63) is 0 Å². The van der Waals surface area contributed by atoms with Crippen LogP contribution in [0.5, 0.6) is 0 Å². The van der Waals surface area contributed by atoms with Gasteiger partial charge in [-0.05, 0) is 31.4 Å². The Morgan fingerprint density at radius 3 is 2.36 bits per heavy atom. The third-order valence-corrected chi connectivity index (χ3v) is 5.88.